The van der Waals surface area contributed by atoms with Gasteiger partial charge in [-0.05, 0) is 18.2 Å². The van der Waals surface area contributed by atoms with Crippen LogP contribution in [0.3, 0.4) is 0 Å². The van der Waals surface area contributed by atoms with E-state index in [0.29, 0.717) is 16.9 Å². The summed E-state index contributed by atoms with van der Waals surface area (Å²) >= 11 is 4.81. The highest BCUT2D eigenvalue weighted by atomic mass is 32.1. The number of benzene rings is 2. The summed E-state index contributed by atoms with van der Waals surface area (Å²) in [5.41, 5.74) is 6.78. The standard InChI is InChI=1S/C17H13FN2OS/c18-15-7-3-1-6-13(15)11-21-16-8-4-2-5-12(16)9-14(10-19)17(20)22/h1-9H,11H2,(H2,20,22)/b14-9+. The summed E-state index contributed by atoms with van der Waals surface area (Å²) in [5, 5.41) is 9.02. The lowest BCUT2D eigenvalue weighted by Gasteiger charge is -2.10. The summed E-state index contributed by atoms with van der Waals surface area (Å²) in [5.74, 6) is 0.200. The Balaban J connectivity index is 2.24. The third-order valence-electron chi connectivity index (χ3n) is 2.95. The maximum absolute atomic E-state index is 13.6. The molecule has 0 aliphatic rings. The molecule has 110 valence electrons. The molecule has 0 heterocycles. The Morgan fingerprint density at radius 2 is 1.91 bits per heavy atom. The Hall–Kier alpha value is -2.71. The van der Waals surface area contributed by atoms with Crippen LogP contribution in [-0.2, 0) is 6.61 Å². The summed E-state index contributed by atoms with van der Waals surface area (Å²) in [4.78, 5) is 0.0198. The van der Waals surface area contributed by atoms with E-state index in [4.69, 9.17) is 28.0 Å². The molecule has 0 spiro atoms. The minimum absolute atomic E-state index is 0.0198. The average Bonchev–Trinajstić information content (AvgIpc) is 2.52. The molecular weight excluding hydrogens is 299 g/mol. The predicted octanol–water partition coefficient (Wildman–Crippen LogP) is 3.60. The van der Waals surface area contributed by atoms with Crippen LogP contribution in [0, 0.1) is 17.1 Å². The number of hydrogen-bond donors (Lipinski definition) is 1. The number of nitriles is 1. The predicted molar refractivity (Wildman–Crippen MR) is 87.5 cm³/mol. The average molecular weight is 312 g/mol. The van der Waals surface area contributed by atoms with Crippen molar-refractivity contribution in [1.82, 2.24) is 0 Å². The van der Waals surface area contributed by atoms with E-state index < -0.39 is 0 Å². The molecule has 0 fully saturated rings. The van der Waals surface area contributed by atoms with Crippen molar-refractivity contribution in [3.63, 3.8) is 0 Å². The van der Waals surface area contributed by atoms with E-state index in [1.165, 1.54) is 6.07 Å². The molecule has 0 atom stereocenters. The molecule has 5 heteroatoms. The second-order valence-electron chi connectivity index (χ2n) is 4.45. The van der Waals surface area contributed by atoms with Gasteiger partial charge in [-0.25, -0.2) is 4.39 Å². The van der Waals surface area contributed by atoms with Gasteiger partial charge in [0.05, 0.1) is 5.57 Å². The minimum atomic E-state index is -0.323. The molecule has 2 aromatic rings. The molecule has 0 amide bonds. The molecule has 2 N–H and O–H groups in total. The van der Waals surface area contributed by atoms with Gasteiger partial charge >= 0.3 is 0 Å². The molecule has 3 nitrogen and oxygen atoms in total. The zero-order valence-corrected chi connectivity index (χ0v) is 12.4. The third-order valence-corrected chi connectivity index (χ3v) is 3.17. The van der Waals surface area contributed by atoms with Crippen molar-refractivity contribution >= 4 is 23.3 Å². The van der Waals surface area contributed by atoms with Crippen LogP contribution in [0.15, 0.2) is 54.1 Å². The zero-order valence-electron chi connectivity index (χ0n) is 11.6. The second kappa shape index (κ2) is 7.34. The lowest BCUT2D eigenvalue weighted by atomic mass is 10.1. The Labute approximate surface area is 133 Å². The topological polar surface area (TPSA) is 59.0 Å². The molecule has 22 heavy (non-hydrogen) atoms. The van der Waals surface area contributed by atoms with Crippen molar-refractivity contribution < 1.29 is 9.13 Å². The summed E-state index contributed by atoms with van der Waals surface area (Å²) in [6.45, 7) is 0.0898. The second-order valence-corrected chi connectivity index (χ2v) is 4.89. The van der Waals surface area contributed by atoms with Gasteiger partial charge in [-0.1, -0.05) is 48.6 Å². The van der Waals surface area contributed by atoms with Crippen molar-refractivity contribution in [1.29, 1.82) is 5.26 Å². The number of nitrogens with zero attached hydrogens (tertiary/aromatic N) is 1. The molecule has 2 rings (SSSR count). The van der Waals surface area contributed by atoms with E-state index in [2.05, 4.69) is 0 Å². The summed E-state index contributed by atoms with van der Waals surface area (Å²) in [6.07, 6.45) is 1.55. The van der Waals surface area contributed by atoms with Crippen molar-refractivity contribution in [2.24, 2.45) is 5.73 Å². The number of halogens is 1. The molecule has 0 saturated carbocycles. The largest absolute Gasteiger partial charge is 0.488 e. The van der Waals surface area contributed by atoms with Gasteiger partial charge in [0.2, 0.25) is 0 Å². The first-order valence-electron chi connectivity index (χ1n) is 6.48. The van der Waals surface area contributed by atoms with Crippen LogP contribution in [0.2, 0.25) is 0 Å². The number of hydrogen-bond acceptors (Lipinski definition) is 3. The van der Waals surface area contributed by atoms with Crippen molar-refractivity contribution in [3.05, 3.63) is 71.0 Å². The number of ether oxygens (including phenoxy) is 1. The molecule has 0 bridgehead atoms. The van der Waals surface area contributed by atoms with Crippen molar-refractivity contribution in [3.8, 4) is 11.8 Å². The lowest BCUT2D eigenvalue weighted by Crippen LogP contribution is -2.09. The smallest absolute Gasteiger partial charge is 0.129 e. The Kier molecular flexibility index (Phi) is 5.23. The summed E-state index contributed by atoms with van der Waals surface area (Å²) in [6, 6.07) is 15.4. The van der Waals surface area contributed by atoms with Gasteiger partial charge < -0.3 is 10.5 Å². The van der Waals surface area contributed by atoms with Crippen molar-refractivity contribution in [2.45, 2.75) is 6.61 Å². The van der Waals surface area contributed by atoms with Crippen LogP contribution in [-0.4, -0.2) is 4.99 Å². The highest BCUT2D eigenvalue weighted by molar-refractivity contribution is 7.80. The fraction of sp³-hybridized carbons (Fsp3) is 0.0588. The summed E-state index contributed by atoms with van der Waals surface area (Å²) < 4.78 is 19.2. The number of rotatable bonds is 5. The SMILES string of the molecule is N#C/C(=C\c1ccccc1OCc1ccccc1F)C(N)=S. The quantitative estimate of drug-likeness (QED) is 0.520. The van der Waals surface area contributed by atoms with E-state index in [-0.39, 0.29) is 23.0 Å². The van der Waals surface area contributed by atoms with Gasteiger partial charge in [-0.3, -0.25) is 0 Å². The van der Waals surface area contributed by atoms with Crippen LogP contribution in [0.4, 0.5) is 4.39 Å². The molecule has 0 aliphatic carbocycles. The van der Waals surface area contributed by atoms with E-state index in [0.717, 1.165) is 0 Å². The monoisotopic (exact) mass is 312 g/mol. The molecule has 0 unspecified atom stereocenters. The molecule has 2 aromatic carbocycles. The third kappa shape index (κ3) is 3.90. The molecule has 0 radical (unpaired) electrons. The van der Waals surface area contributed by atoms with E-state index in [9.17, 15) is 4.39 Å². The van der Waals surface area contributed by atoms with Crippen LogP contribution in [0.25, 0.3) is 6.08 Å². The molecule has 0 aromatic heterocycles. The van der Waals surface area contributed by atoms with Gasteiger partial charge in [-0.2, -0.15) is 5.26 Å². The van der Waals surface area contributed by atoms with Gasteiger partial charge in [-0.15, -0.1) is 0 Å². The lowest BCUT2D eigenvalue weighted by molar-refractivity contribution is 0.299. The van der Waals surface area contributed by atoms with E-state index in [1.807, 2.05) is 6.07 Å². The molecular formula is C17H13FN2OS. The Morgan fingerprint density at radius 1 is 1.23 bits per heavy atom. The molecule has 0 saturated heterocycles. The Morgan fingerprint density at radius 3 is 2.59 bits per heavy atom. The van der Waals surface area contributed by atoms with Crippen LogP contribution >= 0.6 is 12.2 Å². The van der Waals surface area contributed by atoms with Gasteiger partial charge in [0.15, 0.2) is 0 Å². The zero-order chi connectivity index (χ0) is 15.9. The maximum Gasteiger partial charge on any atom is 0.129 e. The van der Waals surface area contributed by atoms with Crippen LogP contribution < -0.4 is 10.5 Å². The fourth-order valence-corrected chi connectivity index (χ4v) is 1.92. The number of nitrogens with two attached hydrogens (primary N) is 1. The first-order chi connectivity index (χ1) is 10.6. The minimum Gasteiger partial charge on any atom is -0.488 e. The van der Waals surface area contributed by atoms with E-state index in [1.54, 1.807) is 48.5 Å². The number of thiocarbonyl (C=S) groups is 1. The maximum atomic E-state index is 13.6. The molecule has 0 aliphatic heterocycles. The van der Waals surface area contributed by atoms with Gasteiger partial charge in [0.1, 0.15) is 29.2 Å². The van der Waals surface area contributed by atoms with Crippen LogP contribution in [0.5, 0.6) is 5.75 Å². The number of para-hydroxylation sites is 1. The highest BCUT2D eigenvalue weighted by Crippen LogP contribution is 2.22. The van der Waals surface area contributed by atoms with Gasteiger partial charge in [0.25, 0.3) is 0 Å². The highest BCUT2D eigenvalue weighted by Gasteiger charge is 2.06. The van der Waals surface area contributed by atoms with Crippen molar-refractivity contribution in [2.75, 3.05) is 0 Å². The first kappa shape index (κ1) is 15.7. The van der Waals surface area contributed by atoms with Crippen LogP contribution in [0.1, 0.15) is 11.1 Å². The van der Waals surface area contributed by atoms with E-state index >= 15 is 0 Å². The summed E-state index contributed by atoms with van der Waals surface area (Å²) in [7, 11) is 0. The van der Waals surface area contributed by atoms with Gasteiger partial charge in [0, 0.05) is 11.1 Å². The Bertz CT molecular complexity index is 765. The normalized spacial score (nSPS) is 10.8. The first-order valence-corrected chi connectivity index (χ1v) is 6.89. The fourth-order valence-electron chi connectivity index (χ4n) is 1.82.